The Morgan fingerprint density at radius 3 is 2.36 bits per heavy atom. The van der Waals surface area contributed by atoms with Crippen LogP contribution in [0.2, 0.25) is 0 Å². The molecule has 1 N–H and O–H groups in total. The molecule has 2 rings (SSSR count). The molecule has 0 radical (unpaired) electrons. The summed E-state index contributed by atoms with van der Waals surface area (Å²) in [7, 11) is -2.07. The molecular weight excluding hydrogens is 300 g/mol. The Balaban J connectivity index is 2.35. The Morgan fingerprint density at radius 1 is 1.23 bits per heavy atom. The second kappa shape index (κ2) is 6.46. The number of hydrogen-bond donors (Lipinski definition) is 1. The van der Waals surface area contributed by atoms with E-state index in [9.17, 15) is 8.42 Å². The highest BCUT2D eigenvalue weighted by atomic mass is 32.2. The second-order valence-corrected chi connectivity index (χ2v) is 6.87. The average molecular weight is 320 g/mol. The lowest BCUT2D eigenvalue weighted by molar-refractivity contribution is 0.413. The zero-order chi connectivity index (χ0) is 16.3. The number of methoxy groups -OCH3 is 1. The van der Waals surface area contributed by atoms with E-state index in [0.29, 0.717) is 21.8 Å². The van der Waals surface area contributed by atoms with Gasteiger partial charge in [-0.25, -0.2) is 13.1 Å². The number of hydrogen-bond acceptors (Lipinski definition) is 4. The molecule has 0 spiro atoms. The molecule has 0 saturated heterocycles. The van der Waals surface area contributed by atoms with Gasteiger partial charge in [0.15, 0.2) is 0 Å². The Kier molecular flexibility index (Phi) is 4.83. The van der Waals surface area contributed by atoms with Crippen molar-refractivity contribution < 1.29 is 13.2 Å². The molecular formula is C16H20N2O3S. The van der Waals surface area contributed by atoms with Gasteiger partial charge in [-0.2, -0.15) is 0 Å². The highest BCUT2D eigenvalue weighted by Crippen LogP contribution is 2.26. The minimum absolute atomic E-state index is 0.295. The number of nitrogens with zero attached hydrogens (tertiary/aromatic N) is 1. The minimum atomic E-state index is -3.63. The van der Waals surface area contributed by atoms with Crippen LogP contribution < -0.4 is 9.46 Å². The maximum Gasteiger partial charge on any atom is 0.241 e. The van der Waals surface area contributed by atoms with Crippen molar-refractivity contribution in [1.82, 2.24) is 9.71 Å². The standard InChI is InChI=1S/C16H20N2O3S/c1-11-8-15(21-4)9-12(2)16(11)22(19,20)18-13(3)14-6-5-7-17-10-14/h5-10,13,18H,1-4H3. The fourth-order valence-corrected chi connectivity index (χ4v) is 4.13. The molecule has 0 fully saturated rings. The number of ether oxygens (including phenoxy) is 1. The van der Waals surface area contributed by atoms with E-state index in [0.717, 1.165) is 5.56 Å². The molecule has 2 aromatic rings. The Labute approximate surface area is 131 Å². The van der Waals surface area contributed by atoms with Gasteiger partial charge in [0.05, 0.1) is 12.0 Å². The number of benzene rings is 1. The summed E-state index contributed by atoms with van der Waals surface area (Å²) in [5, 5.41) is 0. The average Bonchev–Trinajstić information content (AvgIpc) is 2.46. The van der Waals surface area contributed by atoms with Crippen LogP contribution in [0.5, 0.6) is 5.75 Å². The number of aromatic nitrogens is 1. The molecule has 1 aromatic carbocycles. The zero-order valence-electron chi connectivity index (χ0n) is 13.1. The molecule has 5 nitrogen and oxygen atoms in total. The Hall–Kier alpha value is -1.92. The van der Waals surface area contributed by atoms with Crippen molar-refractivity contribution in [2.75, 3.05) is 7.11 Å². The van der Waals surface area contributed by atoms with Crippen molar-refractivity contribution >= 4 is 10.0 Å². The molecule has 0 bridgehead atoms. The summed E-state index contributed by atoms with van der Waals surface area (Å²) in [5.41, 5.74) is 2.13. The van der Waals surface area contributed by atoms with Crippen LogP contribution in [-0.4, -0.2) is 20.5 Å². The third-order valence-electron chi connectivity index (χ3n) is 3.45. The third kappa shape index (κ3) is 3.45. The fourth-order valence-electron chi connectivity index (χ4n) is 2.44. The smallest absolute Gasteiger partial charge is 0.241 e. The van der Waals surface area contributed by atoms with Gasteiger partial charge in [0.1, 0.15) is 5.75 Å². The highest BCUT2D eigenvalue weighted by Gasteiger charge is 2.23. The summed E-state index contributed by atoms with van der Waals surface area (Å²) >= 11 is 0. The first kappa shape index (κ1) is 16.5. The number of sulfonamides is 1. The zero-order valence-corrected chi connectivity index (χ0v) is 13.9. The van der Waals surface area contributed by atoms with Gasteiger partial charge >= 0.3 is 0 Å². The monoisotopic (exact) mass is 320 g/mol. The Morgan fingerprint density at radius 2 is 1.86 bits per heavy atom. The van der Waals surface area contributed by atoms with Crippen molar-refractivity contribution in [3.05, 3.63) is 53.3 Å². The molecule has 1 aromatic heterocycles. The van der Waals surface area contributed by atoms with E-state index in [1.807, 2.05) is 6.07 Å². The second-order valence-electron chi connectivity index (χ2n) is 5.22. The highest BCUT2D eigenvalue weighted by molar-refractivity contribution is 7.89. The number of rotatable bonds is 5. The first-order valence-corrected chi connectivity index (χ1v) is 8.41. The van der Waals surface area contributed by atoms with E-state index >= 15 is 0 Å². The summed E-state index contributed by atoms with van der Waals surface area (Å²) in [6.45, 7) is 5.32. The molecule has 0 aliphatic heterocycles. The van der Waals surface area contributed by atoms with E-state index in [-0.39, 0.29) is 6.04 Å². The molecule has 0 aliphatic carbocycles. The summed E-state index contributed by atoms with van der Waals surface area (Å²) in [4.78, 5) is 4.31. The Bertz CT molecular complexity index is 735. The molecule has 0 saturated carbocycles. The molecule has 6 heteroatoms. The first-order chi connectivity index (χ1) is 10.3. The summed E-state index contributed by atoms with van der Waals surface area (Å²) < 4.78 is 33.2. The van der Waals surface area contributed by atoms with E-state index in [1.54, 1.807) is 58.5 Å². The fraction of sp³-hybridized carbons (Fsp3) is 0.312. The predicted molar refractivity (Wildman–Crippen MR) is 85.4 cm³/mol. The number of pyridine rings is 1. The van der Waals surface area contributed by atoms with Crippen molar-refractivity contribution in [3.63, 3.8) is 0 Å². The predicted octanol–water partition coefficient (Wildman–Crippen LogP) is 2.75. The lowest BCUT2D eigenvalue weighted by Gasteiger charge is -2.17. The van der Waals surface area contributed by atoms with Crippen LogP contribution in [0.15, 0.2) is 41.6 Å². The SMILES string of the molecule is COc1cc(C)c(S(=O)(=O)NC(C)c2cccnc2)c(C)c1. The molecule has 1 atom stereocenters. The third-order valence-corrected chi connectivity index (χ3v) is 5.30. The van der Waals surface area contributed by atoms with E-state index < -0.39 is 10.0 Å². The maximum atomic E-state index is 12.7. The normalized spacial score (nSPS) is 12.9. The van der Waals surface area contributed by atoms with Gasteiger partial charge in [-0.1, -0.05) is 6.07 Å². The van der Waals surface area contributed by atoms with Crippen molar-refractivity contribution in [2.24, 2.45) is 0 Å². The number of aryl methyl sites for hydroxylation is 2. The largest absolute Gasteiger partial charge is 0.497 e. The summed E-state index contributed by atoms with van der Waals surface area (Å²) in [6.07, 6.45) is 3.31. The lowest BCUT2D eigenvalue weighted by atomic mass is 10.1. The minimum Gasteiger partial charge on any atom is -0.497 e. The van der Waals surface area contributed by atoms with Crippen molar-refractivity contribution in [2.45, 2.75) is 31.7 Å². The topological polar surface area (TPSA) is 68.3 Å². The molecule has 22 heavy (non-hydrogen) atoms. The van der Waals surface area contributed by atoms with E-state index in [1.165, 1.54) is 0 Å². The van der Waals surface area contributed by atoms with Gasteiger partial charge in [-0.05, 0) is 55.7 Å². The quantitative estimate of drug-likeness (QED) is 0.920. The van der Waals surface area contributed by atoms with Gasteiger partial charge in [0.2, 0.25) is 10.0 Å². The van der Waals surface area contributed by atoms with Crippen molar-refractivity contribution in [1.29, 1.82) is 0 Å². The van der Waals surface area contributed by atoms with E-state index in [4.69, 9.17) is 4.74 Å². The van der Waals surface area contributed by atoms with Crippen LogP contribution in [0.3, 0.4) is 0 Å². The van der Waals surface area contributed by atoms with E-state index in [2.05, 4.69) is 9.71 Å². The summed E-state index contributed by atoms with van der Waals surface area (Å²) in [6, 6.07) is 6.70. The molecule has 0 amide bonds. The van der Waals surface area contributed by atoms with Crippen LogP contribution in [0, 0.1) is 13.8 Å². The van der Waals surface area contributed by atoms with Crippen LogP contribution in [-0.2, 0) is 10.0 Å². The van der Waals surface area contributed by atoms with Gasteiger partial charge < -0.3 is 4.74 Å². The van der Waals surface area contributed by atoms with Crippen LogP contribution in [0.1, 0.15) is 29.7 Å². The van der Waals surface area contributed by atoms with Crippen LogP contribution in [0.25, 0.3) is 0 Å². The molecule has 118 valence electrons. The molecule has 0 aliphatic rings. The van der Waals surface area contributed by atoms with Crippen LogP contribution >= 0.6 is 0 Å². The van der Waals surface area contributed by atoms with Gasteiger partial charge in [0, 0.05) is 18.4 Å². The molecule has 1 unspecified atom stereocenters. The first-order valence-electron chi connectivity index (χ1n) is 6.92. The van der Waals surface area contributed by atoms with Gasteiger partial charge in [0.25, 0.3) is 0 Å². The van der Waals surface area contributed by atoms with Gasteiger partial charge in [-0.3, -0.25) is 4.98 Å². The molecule has 1 heterocycles. The maximum absolute atomic E-state index is 12.7. The van der Waals surface area contributed by atoms with Crippen LogP contribution in [0.4, 0.5) is 0 Å². The summed E-state index contributed by atoms with van der Waals surface area (Å²) in [5.74, 6) is 0.647. The van der Waals surface area contributed by atoms with Crippen molar-refractivity contribution in [3.8, 4) is 5.75 Å². The lowest BCUT2D eigenvalue weighted by Crippen LogP contribution is -2.28. The number of nitrogens with one attached hydrogen (secondary N) is 1. The van der Waals surface area contributed by atoms with Gasteiger partial charge in [-0.15, -0.1) is 0 Å².